The molecule has 1 nitrogen and oxygen atoms in total. The molecule has 0 unspecified atom stereocenters. The first-order chi connectivity index (χ1) is 4.43. The van der Waals surface area contributed by atoms with E-state index in [1.165, 1.54) is 0 Å². The Hall–Kier alpha value is 0.958. The maximum absolute atomic E-state index is 4.90. The summed E-state index contributed by atoms with van der Waals surface area (Å²) in [5.41, 5.74) is 1.10. The Kier molecular flexibility index (Phi) is 18.6. The van der Waals surface area contributed by atoms with Crippen LogP contribution in [0, 0.1) is 6.07 Å². The molecule has 0 amide bonds. The van der Waals surface area contributed by atoms with Crippen molar-refractivity contribution in [1.82, 2.24) is 0 Å². The molecule has 1 aromatic carbocycles. The molecule has 0 saturated carbocycles. The van der Waals surface area contributed by atoms with E-state index in [2.05, 4.69) is 6.07 Å². The van der Waals surface area contributed by atoms with Gasteiger partial charge >= 0.3 is 0 Å². The van der Waals surface area contributed by atoms with Crippen LogP contribution >= 0.6 is 0 Å². The molecule has 68 valence electrons. The fourth-order valence-corrected chi connectivity index (χ4v) is 0.676. The van der Waals surface area contributed by atoms with Gasteiger partial charge in [0.25, 0.3) is 0 Å². The van der Waals surface area contributed by atoms with Crippen LogP contribution in [0.2, 0.25) is 0 Å². The molecular weight excluding hydrogens is 394 g/mol. The maximum Gasteiger partial charge on any atom is 0.0719 e. The summed E-state index contributed by atoms with van der Waals surface area (Å²) >= 11 is 0. The Morgan fingerprint density at radius 3 is 2.42 bits per heavy atom. The molecule has 0 bridgehead atoms. The van der Waals surface area contributed by atoms with Gasteiger partial charge < -0.3 is 38.7 Å². The fourth-order valence-electron chi connectivity index (χ4n) is 0.676. The summed E-state index contributed by atoms with van der Waals surface area (Å²) in [6, 6.07) is 10.8. The Labute approximate surface area is 112 Å². The van der Waals surface area contributed by atoms with Gasteiger partial charge in [-0.25, -0.2) is 0 Å². The molecule has 1 aromatic rings. The second-order valence-corrected chi connectivity index (χ2v) is 1.82. The monoisotopic (exact) mass is 400 g/mol. The van der Waals surface area contributed by atoms with Gasteiger partial charge in [-0.3, -0.25) is 0 Å². The standard InChI is InChI=1S/C8H9O.2BrH.Sb/c1-9-7-8-5-3-2-4-6-8;;;/h2-5H,7H2,1H3;2*1H;/p-2. The summed E-state index contributed by atoms with van der Waals surface area (Å²) in [6.45, 7) is 0.654. The van der Waals surface area contributed by atoms with Crippen LogP contribution < -0.4 is 34.0 Å². The SMILES string of the molecule is COCc1[c]cccc1.[Br-].[Br-].[Sb]. The van der Waals surface area contributed by atoms with Crippen LogP contribution in [0.5, 0.6) is 0 Å². The van der Waals surface area contributed by atoms with Crippen molar-refractivity contribution < 1.29 is 38.7 Å². The van der Waals surface area contributed by atoms with Crippen LogP contribution in [-0.4, -0.2) is 31.5 Å². The van der Waals surface area contributed by atoms with Gasteiger partial charge in [-0.2, -0.15) is 0 Å². The van der Waals surface area contributed by atoms with Crippen molar-refractivity contribution in [3.8, 4) is 0 Å². The van der Waals surface area contributed by atoms with Crippen molar-refractivity contribution in [3.63, 3.8) is 0 Å². The van der Waals surface area contributed by atoms with Gasteiger partial charge in [0, 0.05) is 31.5 Å². The Balaban J connectivity index is -0.000000270. The van der Waals surface area contributed by atoms with E-state index >= 15 is 0 Å². The number of benzene rings is 1. The minimum absolute atomic E-state index is 0. The minimum atomic E-state index is 0. The number of methoxy groups -OCH3 is 1. The second-order valence-electron chi connectivity index (χ2n) is 1.82. The van der Waals surface area contributed by atoms with Gasteiger partial charge in [0.2, 0.25) is 0 Å². The number of hydrogen-bond acceptors (Lipinski definition) is 1. The van der Waals surface area contributed by atoms with Crippen molar-refractivity contribution in [2.75, 3.05) is 7.11 Å². The number of rotatable bonds is 2. The predicted octanol–water partition coefficient (Wildman–Crippen LogP) is -4.74. The number of halogens is 2. The summed E-state index contributed by atoms with van der Waals surface area (Å²) in [6.07, 6.45) is 0. The average Bonchev–Trinajstić information content (AvgIpc) is 1.91. The normalized spacial score (nSPS) is 7.08. The Morgan fingerprint density at radius 1 is 1.33 bits per heavy atom. The van der Waals surface area contributed by atoms with E-state index in [1.54, 1.807) is 7.11 Å². The van der Waals surface area contributed by atoms with Crippen LogP contribution in [0.15, 0.2) is 24.3 Å². The van der Waals surface area contributed by atoms with Crippen LogP contribution in [-0.2, 0) is 11.3 Å². The molecule has 0 aromatic heterocycles. The van der Waals surface area contributed by atoms with E-state index in [9.17, 15) is 0 Å². The van der Waals surface area contributed by atoms with E-state index in [-0.39, 0.29) is 58.4 Å². The molecule has 4 heteroatoms. The summed E-state index contributed by atoms with van der Waals surface area (Å²) in [5.74, 6) is 0. The zero-order chi connectivity index (χ0) is 6.53. The van der Waals surface area contributed by atoms with Crippen LogP contribution in [0.3, 0.4) is 0 Å². The van der Waals surface area contributed by atoms with Crippen molar-refractivity contribution >= 4 is 24.4 Å². The molecule has 0 saturated heterocycles. The van der Waals surface area contributed by atoms with Crippen molar-refractivity contribution in [2.24, 2.45) is 0 Å². The first kappa shape index (κ1) is 18.7. The van der Waals surface area contributed by atoms with Gasteiger partial charge in [0.15, 0.2) is 0 Å². The van der Waals surface area contributed by atoms with Gasteiger partial charge in [0.1, 0.15) is 0 Å². The molecule has 0 atom stereocenters. The molecule has 0 aliphatic rings. The smallest absolute Gasteiger partial charge is 0.0719 e. The van der Waals surface area contributed by atoms with Crippen molar-refractivity contribution in [2.45, 2.75) is 6.61 Å². The van der Waals surface area contributed by atoms with E-state index in [0.29, 0.717) is 6.61 Å². The average molecular weight is 403 g/mol. The van der Waals surface area contributed by atoms with Gasteiger partial charge in [-0.05, 0) is 11.6 Å². The fraction of sp³-hybridized carbons (Fsp3) is 0.250. The first-order valence-electron chi connectivity index (χ1n) is 2.88. The summed E-state index contributed by atoms with van der Waals surface area (Å²) < 4.78 is 4.90. The summed E-state index contributed by atoms with van der Waals surface area (Å²) in [4.78, 5) is 0. The number of ether oxygens (including phenoxy) is 1. The predicted molar refractivity (Wildman–Crippen MR) is 41.7 cm³/mol. The molecule has 0 N–H and O–H groups in total. The molecule has 12 heavy (non-hydrogen) atoms. The van der Waals surface area contributed by atoms with Crippen LogP contribution in [0.1, 0.15) is 5.56 Å². The first-order valence-corrected chi connectivity index (χ1v) is 2.88. The van der Waals surface area contributed by atoms with E-state index < -0.39 is 0 Å². The van der Waals surface area contributed by atoms with Crippen molar-refractivity contribution in [3.05, 3.63) is 35.9 Å². The molecule has 0 heterocycles. The zero-order valence-corrected chi connectivity index (χ0v) is 12.4. The molecule has 0 fully saturated rings. The molecule has 0 aliphatic heterocycles. The Bertz CT molecular complexity index is 170. The molecular formula is C8H9Br2OSb-2. The third kappa shape index (κ3) is 7.60. The third-order valence-electron chi connectivity index (χ3n) is 1.07. The molecule has 1 rings (SSSR count). The van der Waals surface area contributed by atoms with Gasteiger partial charge in [-0.15, -0.1) is 0 Å². The molecule has 4 radical (unpaired) electrons. The van der Waals surface area contributed by atoms with Gasteiger partial charge in [0.05, 0.1) is 6.61 Å². The Morgan fingerprint density at radius 2 is 2.00 bits per heavy atom. The summed E-state index contributed by atoms with van der Waals surface area (Å²) in [5, 5.41) is 0. The number of hydrogen-bond donors (Lipinski definition) is 0. The topological polar surface area (TPSA) is 9.23 Å². The minimum Gasteiger partial charge on any atom is -1.00 e. The molecule has 0 spiro atoms. The van der Waals surface area contributed by atoms with Crippen LogP contribution in [0.25, 0.3) is 0 Å². The molecule has 0 aliphatic carbocycles. The maximum atomic E-state index is 4.90. The van der Waals surface area contributed by atoms with Crippen molar-refractivity contribution in [1.29, 1.82) is 0 Å². The van der Waals surface area contributed by atoms with E-state index in [4.69, 9.17) is 4.74 Å². The third-order valence-corrected chi connectivity index (χ3v) is 1.07. The largest absolute Gasteiger partial charge is 1.00 e. The second kappa shape index (κ2) is 12.0. The van der Waals surface area contributed by atoms with Crippen LogP contribution in [0.4, 0.5) is 0 Å². The van der Waals surface area contributed by atoms with E-state index in [0.717, 1.165) is 5.56 Å². The van der Waals surface area contributed by atoms with Gasteiger partial charge in [-0.1, -0.05) is 24.3 Å². The summed E-state index contributed by atoms with van der Waals surface area (Å²) in [7, 11) is 1.68. The zero-order valence-electron chi connectivity index (χ0n) is 6.63. The van der Waals surface area contributed by atoms with E-state index in [1.807, 2.05) is 24.3 Å². The quantitative estimate of drug-likeness (QED) is 0.452.